The number of nitrogens with zero attached hydrogens (tertiary/aromatic N) is 1. The maximum atomic E-state index is 12.4. The molecule has 2 aromatic rings. The molecule has 2 aromatic carbocycles. The quantitative estimate of drug-likeness (QED) is 0.865. The van der Waals surface area contributed by atoms with Crippen molar-refractivity contribution in [2.24, 2.45) is 0 Å². The molecule has 1 saturated heterocycles. The van der Waals surface area contributed by atoms with Crippen LogP contribution in [-0.4, -0.2) is 34.3 Å². The Balaban J connectivity index is 1.70. The van der Waals surface area contributed by atoms with Crippen molar-refractivity contribution in [1.82, 2.24) is 4.90 Å². The molecule has 1 fully saturated rings. The van der Waals surface area contributed by atoms with Gasteiger partial charge >= 0.3 is 5.97 Å². The molecule has 3 rings (SSSR count). The Hall–Kier alpha value is -3.15. The summed E-state index contributed by atoms with van der Waals surface area (Å²) in [5, 5.41) is 11.8. The zero-order chi connectivity index (χ0) is 18.5. The van der Waals surface area contributed by atoms with Crippen LogP contribution in [0.25, 0.3) is 0 Å². The molecule has 6 heteroatoms. The van der Waals surface area contributed by atoms with Gasteiger partial charge in [-0.1, -0.05) is 18.2 Å². The first-order valence-electron chi connectivity index (χ1n) is 8.54. The monoisotopic (exact) mass is 352 g/mol. The van der Waals surface area contributed by atoms with Gasteiger partial charge in [0, 0.05) is 30.8 Å². The Kier molecular flexibility index (Phi) is 5.31. The lowest BCUT2D eigenvalue weighted by molar-refractivity contribution is -0.133. The minimum absolute atomic E-state index is 0.0648. The molecule has 0 bridgehead atoms. The van der Waals surface area contributed by atoms with Gasteiger partial charge in [-0.05, 0) is 48.7 Å². The molecular weight excluding hydrogens is 332 g/mol. The van der Waals surface area contributed by atoms with Crippen molar-refractivity contribution in [2.45, 2.75) is 25.8 Å². The lowest BCUT2D eigenvalue weighted by atomic mass is 10.1. The van der Waals surface area contributed by atoms with Gasteiger partial charge < -0.3 is 15.3 Å². The van der Waals surface area contributed by atoms with Crippen molar-refractivity contribution in [3.8, 4) is 0 Å². The maximum absolute atomic E-state index is 12.4. The van der Waals surface area contributed by atoms with Crippen LogP contribution in [0, 0.1) is 0 Å². The SMILES string of the molecule is O=C(O)c1cccc(C(=O)Nc2cccc(CN3CCCCC3=O)c2)c1. The molecule has 0 aromatic heterocycles. The molecule has 0 saturated carbocycles. The average molecular weight is 352 g/mol. The predicted octanol–water partition coefficient (Wildman–Crippen LogP) is 3.15. The predicted molar refractivity (Wildman–Crippen MR) is 97.1 cm³/mol. The van der Waals surface area contributed by atoms with Crippen molar-refractivity contribution in [3.05, 3.63) is 65.2 Å². The van der Waals surface area contributed by atoms with Gasteiger partial charge in [0.2, 0.25) is 5.91 Å². The molecule has 1 heterocycles. The van der Waals surface area contributed by atoms with Gasteiger partial charge in [0.25, 0.3) is 5.91 Å². The minimum atomic E-state index is -1.08. The van der Waals surface area contributed by atoms with E-state index in [1.165, 1.54) is 18.2 Å². The number of carbonyl (C=O) groups excluding carboxylic acids is 2. The van der Waals surface area contributed by atoms with Crippen molar-refractivity contribution < 1.29 is 19.5 Å². The first-order chi connectivity index (χ1) is 12.5. The van der Waals surface area contributed by atoms with Gasteiger partial charge in [-0.3, -0.25) is 9.59 Å². The highest BCUT2D eigenvalue weighted by Crippen LogP contribution is 2.18. The minimum Gasteiger partial charge on any atom is -0.478 e. The van der Waals surface area contributed by atoms with E-state index >= 15 is 0 Å². The third-order valence-electron chi connectivity index (χ3n) is 4.35. The number of likely N-dealkylation sites (tertiary alicyclic amines) is 1. The molecule has 1 aliphatic rings. The molecule has 2 amide bonds. The first kappa shape index (κ1) is 17.7. The van der Waals surface area contributed by atoms with Crippen LogP contribution in [0.1, 0.15) is 45.5 Å². The topological polar surface area (TPSA) is 86.7 Å². The molecule has 0 aliphatic carbocycles. The van der Waals surface area contributed by atoms with E-state index in [1.807, 2.05) is 23.1 Å². The summed E-state index contributed by atoms with van der Waals surface area (Å²) in [6.45, 7) is 1.29. The lowest BCUT2D eigenvalue weighted by Gasteiger charge is -2.26. The van der Waals surface area contributed by atoms with E-state index in [9.17, 15) is 14.4 Å². The van der Waals surface area contributed by atoms with Crippen molar-refractivity contribution in [3.63, 3.8) is 0 Å². The highest BCUT2D eigenvalue weighted by molar-refractivity contribution is 6.05. The van der Waals surface area contributed by atoms with Crippen LogP contribution < -0.4 is 5.32 Å². The van der Waals surface area contributed by atoms with E-state index in [1.54, 1.807) is 12.1 Å². The fourth-order valence-electron chi connectivity index (χ4n) is 2.99. The number of aromatic carboxylic acids is 1. The Morgan fingerprint density at radius 1 is 1.04 bits per heavy atom. The van der Waals surface area contributed by atoms with Crippen LogP contribution in [0.2, 0.25) is 0 Å². The highest BCUT2D eigenvalue weighted by atomic mass is 16.4. The van der Waals surface area contributed by atoms with Crippen molar-refractivity contribution >= 4 is 23.5 Å². The second-order valence-electron chi connectivity index (χ2n) is 6.31. The summed E-state index contributed by atoms with van der Waals surface area (Å²) in [6, 6.07) is 13.2. The van der Waals surface area contributed by atoms with Gasteiger partial charge in [-0.2, -0.15) is 0 Å². The van der Waals surface area contributed by atoms with Crippen LogP contribution in [0.4, 0.5) is 5.69 Å². The van der Waals surface area contributed by atoms with Gasteiger partial charge in [0.15, 0.2) is 0 Å². The summed E-state index contributed by atoms with van der Waals surface area (Å²) < 4.78 is 0. The summed E-state index contributed by atoms with van der Waals surface area (Å²) in [4.78, 5) is 37.2. The average Bonchev–Trinajstić information content (AvgIpc) is 2.64. The maximum Gasteiger partial charge on any atom is 0.335 e. The fourth-order valence-corrected chi connectivity index (χ4v) is 2.99. The molecule has 0 atom stereocenters. The molecule has 134 valence electrons. The summed E-state index contributed by atoms with van der Waals surface area (Å²) in [6.07, 6.45) is 2.55. The van der Waals surface area contributed by atoms with Crippen molar-refractivity contribution in [2.75, 3.05) is 11.9 Å². The van der Waals surface area contributed by atoms with E-state index in [4.69, 9.17) is 5.11 Å². The smallest absolute Gasteiger partial charge is 0.335 e. The van der Waals surface area contributed by atoms with Gasteiger partial charge in [-0.15, -0.1) is 0 Å². The number of hydrogen-bond donors (Lipinski definition) is 2. The van der Waals surface area contributed by atoms with Gasteiger partial charge in [0.05, 0.1) is 5.56 Å². The zero-order valence-corrected chi connectivity index (χ0v) is 14.3. The van der Waals surface area contributed by atoms with E-state index < -0.39 is 5.97 Å². The lowest BCUT2D eigenvalue weighted by Crippen LogP contribution is -2.34. The van der Waals surface area contributed by atoms with Crippen LogP contribution >= 0.6 is 0 Å². The summed E-state index contributed by atoms with van der Waals surface area (Å²) in [7, 11) is 0. The molecule has 0 unspecified atom stereocenters. The summed E-state index contributed by atoms with van der Waals surface area (Å²) >= 11 is 0. The zero-order valence-electron chi connectivity index (χ0n) is 14.3. The number of anilines is 1. The van der Waals surface area contributed by atoms with E-state index in [0.717, 1.165) is 24.9 Å². The molecule has 26 heavy (non-hydrogen) atoms. The van der Waals surface area contributed by atoms with E-state index in [-0.39, 0.29) is 22.9 Å². The van der Waals surface area contributed by atoms with E-state index in [2.05, 4.69) is 5.32 Å². The third kappa shape index (κ3) is 4.27. The number of amides is 2. The number of benzene rings is 2. The van der Waals surface area contributed by atoms with Gasteiger partial charge in [0.1, 0.15) is 0 Å². The van der Waals surface area contributed by atoms with Gasteiger partial charge in [-0.25, -0.2) is 4.79 Å². The largest absolute Gasteiger partial charge is 0.478 e. The number of piperidine rings is 1. The Morgan fingerprint density at radius 2 is 1.81 bits per heavy atom. The van der Waals surface area contributed by atoms with Crippen LogP contribution in [0.5, 0.6) is 0 Å². The second kappa shape index (κ2) is 7.82. The molecule has 2 N–H and O–H groups in total. The molecule has 6 nitrogen and oxygen atoms in total. The molecule has 0 radical (unpaired) electrons. The molecular formula is C20H20N2O4. The van der Waals surface area contributed by atoms with Crippen LogP contribution in [-0.2, 0) is 11.3 Å². The van der Waals surface area contributed by atoms with Crippen molar-refractivity contribution in [1.29, 1.82) is 0 Å². The van der Waals surface area contributed by atoms with Crippen LogP contribution in [0.15, 0.2) is 48.5 Å². The van der Waals surface area contributed by atoms with Crippen LogP contribution in [0.3, 0.4) is 0 Å². The molecule has 1 aliphatic heterocycles. The highest BCUT2D eigenvalue weighted by Gasteiger charge is 2.18. The normalized spacial score (nSPS) is 14.2. The fraction of sp³-hybridized carbons (Fsp3) is 0.250. The summed E-state index contributed by atoms with van der Waals surface area (Å²) in [5.41, 5.74) is 1.89. The number of carboxylic acids is 1. The Morgan fingerprint density at radius 3 is 2.58 bits per heavy atom. The number of rotatable bonds is 5. The number of carbonyl (C=O) groups is 3. The Labute approximate surface area is 151 Å². The third-order valence-corrected chi connectivity index (χ3v) is 4.35. The number of hydrogen-bond acceptors (Lipinski definition) is 3. The first-order valence-corrected chi connectivity index (χ1v) is 8.54. The standard InChI is InChI=1S/C20H20N2O4/c23-18-9-1-2-10-22(18)13-14-5-3-8-17(11-14)21-19(24)15-6-4-7-16(12-15)20(25)26/h3-8,11-12H,1-2,9-10,13H2,(H,21,24)(H,25,26). The summed E-state index contributed by atoms with van der Waals surface area (Å²) in [5.74, 6) is -1.29. The second-order valence-corrected chi connectivity index (χ2v) is 6.31. The Bertz CT molecular complexity index is 847. The van der Waals surface area contributed by atoms with E-state index in [0.29, 0.717) is 18.7 Å². The number of nitrogens with one attached hydrogen (secondary N) is 1. The number of carboxylic acid groups (broad SMARTS) is 1. The molecule has 0 spiro atoms.